The van der Waals surface area contributed by atoms with Gasteiger partial charge in [0.1, 0.15) is 0 Å². The van der Waals surface area contributed by atoms with Gasteiger partial charge in [0, 0.05) is 68.5 Å². The maximum Gasteiger partial charge on any atom is 0.254 e. The zero-order valence-electron chi connectivity index (χ0n) is 15.7. The molecule has 8 nitrogen and oxygen atoms in total. The quantitative estimate of drug-likeness (QED) is 0.677. The number of aromatic nitrogens is 4. The number of carbonyl (C=O) groups is 2. The molecule has 0 saturated heterocycles. The minimum atomic E-state index is -0.155. The lowest BCUT2D eigenvalue weighted by Crippen LogP contribution is -2.25. The number of imidazole rings is 1. The lowest BCUT2D eigenvalue weighted by molar-refractivity contribution is 0.0774. The number of aryl methyl sites for hydroxylation is 2. The SMILES string of the molecule is Cn1cc(CNC(=O)c2ccc3c(c2)CN(CCCn2ccnc2)C3=O)cn1. The number of carbonyl (C=O) groups excluding carboxylic acids is 2. The van der Waals surface area contributed by atoms with Gasteiger partial charge in [-0.3, -0.25) is 14.3 Å². The van der Waals surface area contributed by atoms with Crippen molar-refractivity contribution >= 4 is 11.8 Å². The normalized spacial score (nSPS) is 13.0. The van der Waals surface area contributed by atoms with E-state index >= 15 is 0 Å². The van der Waals surface area contributed by atoms with Gasteiger partial charge in [-0.1, -0.05) is 0 Å². The van der Waals surface area contributed by atoms with E-state index in [0.717, 1.165) is 24.1 Å². The molecule has 1 aliphatic rings. The van der Waals surface area contributed by atoms with Crippen molar-refractivity contribution in [1.29, 1.82) is 0 Å². The van der Waals surface area contributed by atoms with Crippen molar-refractivity contribution in [2.24, 2.45) is 7.05 Å². The molecular formula is C20H22N6O2. The first-order chi connectivity index (χ1) is 13.6. The number of nitrogens with zero attached hydrogens (tertiary/aromatic N) is 5. The summed E-state index contributed by atoms with van der Waals surface area (Å²) in [5.74, 6) is -0.124. The van der Waals surface area contributed by atoms with E-state index in [9.17, 15) is 9.59 Å². The third kappa shape index (κ3) is 3.80. The highest BCUT2D eigenvalue weighted by Crippen LogP contribution is 2.24. The molecule has 3 aromatic rings. The van der Waals surface area contributed by atoms with Crippen molar-refractivity contribution in [1.82, 2.24) is 29.5 Å². The van der Waals surface area contributed by atoms with E-state index in [0.29, 0.717) is 30.8 Å². The molecule has 8 heteroatoms. The number of fused-ring (bicyclic) bond motifs is 1. The van der Waals surface area contributed by atoms with Crippen LogP contribution in [-0.2, 0) is 26.7 Å². The molecule has 0 unspecified atom stereocenters. The van der Waals surface area contributed by atoms with Crippen LogP contribution in [-0.4, -0.2) is 42.6 Å². The largest absolute Gasteiger partial charge is 0.348 e. The molecule has 1 N–H and O–H groups in total. The zero-order chi connectivity index (χ0) is 19.5. The fourth-order valence-corrected chi connectivity index (χ4v) is 3.41. The fourth-order valence-electron chi connectivity index (χ4n) is 3.41. The molecular weight excluding hydrogens is 356 g/mol. The van der Waals surface area contributed by atoms with E-state index < -0.39 is 0 Å². The first-order valence-electron chi connectivity index (χ1n) is 9.24. The average molecular weight is 378 g/mol. The van der Waals surface area contributed by atoms with Crippen LogP contribution in [0.5, 0.6) is 0 Å². The summed E-state index contributed by atoms with van der Waals surface area (Å²) in [7, 11) is 1.84. The molecule has 1 aliphatic heterocycles. The molecule has 2 aromatic heterocycles. The van der Waals surface area contributed by atoms with E-state index in [1.165, 1.54) is 0 Å². The van der Waals surface area contributed by atoms with Crippen LogP contribution in [0.2, 0.25) is 0 Å². The Morgan fingerprint density at radius 2 is 2.18 bits per heavy atom. The predicted molar refractivity (Wildman–Crippen MR) is 102 cm³/mol. The summed E-state index contributed by atoms with van der Waals surface area (Å²) in [4.78, 5) is 30.9. The number of nitrogens with one attached hydrogen (secondary N) is 1. The Labute approximate surface area is 162 Å². The van der Waals surface area contributed by atoms with Crippen molar-refractivity contribution in [3.05, 3.63) is 71.6 Å². The van der Waals surface area contributed by atoms with Crippen LogP contribution < -0.4 is 5.32 Å². The summed E-state index contributed by atoms with van der Waals surface area (Å²) >= 11 is 0. The first kappa shape index (κ1) is 18.0. The van der Waals surface area contributed by atoms with E-state index in [4.69, 9.17) is 0 Å². The molecule has 0 atom stereocenters. The summed E-state index contributed by atoms with van der Waals surface area (Å²) in [6.45, 7) is 2.46. The Morgan fingerprint density at radius 3 is 2.93 bits per heavy atom. The van der Waals surface area contributed by atoms with Gasteiger partial charge >= 0.3 is 0 Å². The Morgan fingerprint density at radius 1 is 1.29 bits per heavy atom. The number of amides is 2. The Balaban J connectivity index is 1.35. The molecule has 144 valence electrons. The van der Waals surface area contributed by atoms with Crippen LogP contribution >= 0.6 is 0 Å². The van der Waals surface area contributed by atoms with Gasteiger partial charge in [0.2, 0.25) is 0 Å². The molecule has 0 radical (unpaired) electrons. The number of benzene rings is 1. The highest BCUT2D eigenvalue weighted by Gasteiger charge is 2.27. The van der Waals surface area contributed by atoms with Crippen LogP contribution in [0.3, 0.4) is 0 Å². The third-order valence-electron chi connectivity index (χ3n) is 4.86. The van der Waals surface area contributed by atoms with Crippen LogP contribution in [0.25, 0.3) is 0 Å². The molecule has 2 amide bonds. The zero-order valence-corrected chi connectivity index (χ0v) is 15.7. The first-order valence-corrected chi connectivity index (χ1v) is 9.24. The van der Waals surface area contributed by atoms with Crippen LogP contribution in [0.4, 0.5) is 0 Å². The van der Waals surface area contributed by atoms with Gasteiger partial charge in [-0.2, -0.15) is 5.10 Å². The minimum Gasteiger partial charge on any atom is -0.348 e. The second-order valence-corrected chi connectivity index (χ2v) is 6.96. The van der Waals surface area contributed by atoms with Gasteiger partial charge in [0.05, 0.1) is 12.5 Å². The Kier molecular flexibility index (Phi) is 4.92. The van der Waals surface area contributed by atoms with E-state index in [2.05, 4.69) is 15.4 Å². The molecule has 28 heavy (non-hydrogen) atoms. The minimum absolute atomic E-state index is 0.0305. The molecule has 0 fully saturated rings. The lowest BCUT2D eigenvalue weighted by Gasteiger charge is -2.15. The highest BCUT2D eigenvalue weighted by molar-refractivity contribution is 6.01. The maximum atomic E-state index is 12.6. The van der Waals surface area contributed by atoms with Crippen molar-refractivity contribution in [3.63, 3.8) is 0 Å². The fraction of sp³-hybridized carbons (Fsp3) is 0.300. The van der Waals surface area contributed by atoms with Crippen molar-refractivity contribution in [3.8, 4) is 0 Å². The van der Waals surface area contributed by atoms with Gasteiger partial charge in [-0.25, -0.2) is 4.98 Å². The summed E-state index contributed by atoms with van der Waals surface area (Å²) < 4.78 is 3.70. The molecule has 0 aliphatic carbocycles. The van der Waals surface area contributed by atoms with Crippen molar-refractivity contribution in [2.45, 2.75) is 26.1 Å². The smallest absolute Gasteiger partial charge is 0.254 e. The second kappa shape index (κ2) is 7.67. The predicted octanol–water partition coefficient (Wildman–Crippen LogP) is 1.59. The summed E-state index contributed by atoms with van der Waals surface area (Å²) in [5.41, 5.74) is 3.10. The lowest BCUT2D eigenvalue weighted by atomic mass is 10.1. The maximum absolute atomic E-state index is 12.6. The van der Waals surface area contributed by atoms with E-state index in [1.807, 2.05) is 35.0 Å². The van der Waals surface area contributed by atoms with Crippen LogP contribution in [0, 0.1) is 0 Å². The van der Waals surface area contributed by atoms with Gasteiger partial charge in [-0.05, 0) is 30.2 Å². The van der Waals surface area contributed by atoms with E-state index in [1.54, 1.807) is 35.5 Å². The highest BCUT2D eigenvalue weighted by atomic mass is 16.2. The van der Waals surface area contributed by atoms with E-state index in [-0.39, 0.29) is 11.8 Å². The number of rotatable bonds is 7. The monoisotopic (exact) mass is 378 g/mol. The standard InChI is InChI=1S/C20H22N6O2/c1-24-12-15(11-23-24)10-22-19(27)16-3-4-18-17(9-16)13-26(20(18)28)7-2-6-25-8-5-21-14-25/h3-5,8-9,11-12,14H,2,6-7,10,13H2,1H3,(H,22,27). The number of hydrogen-bond acceptors (Lipinski definition) is 4. The molecule has 0 spiro atoms. The van der Waals surface area contributed by atoms with Gasteiger partial charge < -0.3 is 14.8 Å². The molecule has 0 bridgehead atoms. The van der Waals surface area contributed by atoms with Crippen molar-refractivity contribution in [2.75, 3.05) is 6.54 Å². The Bertz CT molecular complexity index is 992. The Hall–Kier alpha value is -3.42. The molecule has 1 aromatic carbocycles. The molecule has 4 rings (SSSR count). The number of hydrogen-bond donors (Lipinski definition) is 1. The summed E-state index contributed by atoms with van der Waals surface area (Å²) in [5, 5.41) is 6.98. The third-order valence-corrected chi connectivity index (χ3v) is 4.86. The summed E-state index contributed by atoms with van der Waals surface area (Å²) in [6, 6.07) is 5.29. The topological polar surface area (TPSA) is 85.0 Å². The van der Waals surface area contributed by atoms with Gasteiger partial charge in [-0.15, -0.1) is 0 Å². The molecule has 0 saturated carbocycles. The van der Waals surface area contributed by atoms with Crippen LogP contribution in [0.1, 0.15) is 38.3 Å². The van der Waals surface area contributed by atoms with Crippen molar-refractivity contribution < 1.29 is 9.59 Å². The van der Waals surface area contributed by atoms with Gasteiger partial charge in [0.25, 0.3) is 11.8 Å². The second-order valence-electron chi connectivity index (χ2n) is 6.96. The van der Waals surface area contributed by atoms with Gasteiger partial charge in [0.15, 0.2) is 0 Å². The summed E-state index contributed by atoms with van der Waals surface area (Å²) in [6.07, 6.45) is 9.88. The molecule has 3 heterocycles. The van der Waals surface area contributed by atoms with Crippen LogP contribution in [0.15, 0.2) is 49.3 Å². The average Bonchev–Trinajstić information content (AvgIpc) is 3.42.